The van der Waals surface area contributed by atoms with Gasteiger partial charge in [0.05, 0.1) is 7.11 Å². The summed E-state index contributed by atoms with van der Waals surface area (Å²) < 4.78 is 4.48. The molecule has 0 N–H and O–H groups in total. The number of methoxy groups -OCH3 is 1. The van der Waals surface area contributed by atoms with Crippen LogP contribution in [0.1, 0.15) is 20.3 Å². The Morgan fingerprint density at radius 1 is 1.75 bits per heavy atom. The lowest BCUT2D eigenvalue weighted by Crippen LogP contribution is -2.34. The minimum atomic E-state index is -1.32. The third kappa shape index (κ3) is 1.40. The lowest BCUT2D eigenvalue weighted by atomic mass is 10.3. The second kappa shape index (κ2) is 3.10. The fourth-order valence-corrected chi connectivity index (χ4v) is 0.811. The largest absolute Gasteiger partial charge is 0.465 e. The monoisotopic (exact) mass is 173 g/mol. The Balaban J connectivity index is 2.75. The second-order valence-corrected chi connectivity index (χ2v) is 2.50. The first-order chi connectivity index (χ1) is 5.62. The van der Waals surface area contributed by atoms with Gasteiger partial charge in [0, 0.05) is 13.3 Å². The average molecular weight is 173 g/mol. The summed E-state index contributed by atoms with van der Waals surface area (Å²) in [5.41, 5.74) is -1.32. The normalized spacial score (nSPS) is 27.8. The van der Waals surface area contributed by atoms with Gasteiger partial charge in [-0.1, -0.05) is 6.92 Å². The molecule has 5 nitrogen and oxygen atoms in total. The Bertz CT molecular complexity index is 225. The molecule has 0 aliphatic carbocycles. The maximum Gasteiger partial charge on any atom is 0.365 e. The van der Waals surface area contributed by atoms with Crippen molar-refractivity contribution in [3.63, 3.8) is 0 Å². The van der Waals surface area contributed by atoms with Gasteiger partial charge >= 0.3 is 11.7 Å². The summed E-state index contributed by atoms with van der Waals surface area (Å²) >= 11 is 0. The average Bonchev–Trinajstić information content (AvgIpc) is 2.47. The van der Waals surface area contributed by atoms with E-state index < -0.39 is 11.7 Å². The SMILES string of the molecule is CCC1=NC(C)(C(=O)OC)OO1. The van der Waals surface area contributed by atoms with Crippen LogP contribution in [0.15, 0.2) is 4.99 Å². The molecule has 0 fully saturated rings. The van der Waals surface area contributed by atoms with Crippen LogP contribution in [0.25, 0.3) is 0 Å². The molecule has 1 atom stereocenters. The highest BCUT2D eigenvalue weighted by Crippen LogP contribution is 2.22. The summed E-state index contributed by atoms with van der Waals surface area (Å²) in [7, 11) is 1.27. The number of esters is 1. The van der Waals surface area contributed by atoms with Crippen LogP contribution < -0.4 is 0 Å². The molecule has 12 heavy (non-hydrogen) atoms. The molecular formula is C7H11NO4. The fourth-order valence-electron chi connectivity index (χ4n) is 0.811. The lowest BCUT2D eigenvalue weighted by molar-refractivity contribution is -0.274. The third-order valence-corrected chi connectivity index (χ3v) is 1.50. The van der Waals surface area contributed by atoms with Gasteiger partial charge in [0.25, 0.3) is 0 Å². The molecule has 1 aliphatic heterocycles. The lowest BCUT2D eigenvalue weighted by Gasteiger charge is -2.12. The van der Waals surface area contributed by atoms with Gasteiger partial charge in [0.1, 0.15) is 0 Å². The topological polar surface area (TPSA) is 57.1 Å². The quantitative estimate of drug-likeness (QED) is 0.454. The Labute approximate surface area is 70.2 Å². The van der Waals surface area contributed by atoms with E-state index in [1.54, 1.807) is 0 Å². The molecule has 0 aromatic carbocycles. The summed E-state index contributed by atoms with van der Waals surface area (Å²) in [6.45, 7) is 3.34. The molecule has 1 unspecified atom stereocenters. The zero-order valence-electron chi connectivity index (χ0n) is 7.29. The van der Waals surface area contributed by atoms with Crippen LogP contribution in [0, 0.1) is 0 Å². The molecule has 0 amide bonds. The summed E-state index contributed by atoms with van der Waals surface area (Å²) in [4.78, 5) is 24.4. The van der Waals surface area contributed by atoms with Crippen LogP contribution >= 0.6 is 0 Å². The molecule has 5 heteroatoms. The molecule has 0 spiro atoms. The molecule has 0 aromatic rings. The van der Waals surface area contributed by atoms with E-state index in [-0.39, 0.29) is 0 Å². The van der Waals surface area contributed by atoms with E-state index in [4.69, 9.17) is 4.89 Å². The zero-order valence-corrected chi connectivity index (χ0v) is 7.29. The number of nitrogens with zero attached hydrogens (tertiary/aromatic N) is 1. The molecule has 0 bridgehead atoms. The van der Waals surface area contributed by atoms with Crippen molar-refractivity contribution in [2.45, 2.75) is 26.0 Å². The van der Waals surface area contributed by atoms with Crippen molar-refractivity contribution >= 4 is 11.9 Å². The molecule has 68 valence electrons. The van der Waals surface area contributed by atoms with E-state index in [0.717, 1.165) is 0 Å². The number of rotatable bonds is 2. The van der Waals surface area contributed by atoms with Gasteiger partial charge in [-0.2, -0.15) is 0 Å². The summed E-state index contributed by atoms with van der Waals surface area (Å²) in [6.07, 6.45) is 0.590. The third-order valence-electron chi connectivity index (χ3n) is 1.50. The zero-order chi connectivity index (χ0) is 9.19. The molecule has 1 rings (SSSR count). The number of hydrogen-bond donors (Lipinski definition) is 0. The number of hydrogen-bond acceptors (Lipinski definition) is 5. The van der Waals surface area contributed by atoms with Gasteiger partial charge in [-0.3, -0.25) is 0 Å². The first kappa shape index (κ1) is 8.99. The highest BCUT2D eigenvalue weighted by molar-refractivity contribution is 5.85. The first-order valence-electron chi connectivity index (χ1n) is 3.65. The Hall–Kier alpha value is -1.10. The maximum absolute atomic E-state index is 11.1. The number of ether oxygens (including phenoxy) is 1. The van der Waals surface area contributed by atoms with Crippen LogP contribution in [-0.4, -0.2) is 24.7 Å². The highest BCUT2D eigenvalue weighted by atomic mass is 17.2. The fraction of sp³-hybridized carbons (Fsp3) is 0.714. The van der Waals surface area contributed by atoms with E-state index in [9.17, 15) is 4.79 Å². The predicted molar refractivity (Wildman–Crippen MR) is 40.3 cm³/mol. The van der Waals surface area contributed by atoms with Crippen LogP contribution in [0.2, 0.25) is 0 Å². The number of aliphatic imine (C=N–C) groups is 1. The van der Waals surface area contributed by atoms with E-state index in [0.29, 0.717) is 12.3 Å². The van der Waals surface area contributed by atoms with Gasteiger partial charge in [-0.05, 0) is 0 Å². The van der Waals surface area contributed by atoms with E-state index in [2.05, 4.69) is 14.6 Å². The highest BCUT2D eigenvalue weighted by Gasteiger charge is 2.42. The number of carbonyl (C=O) groups excluding carboxylic acids is 1. The van der Waals surface area contributed by atoms with Gasteiger partial charge in [-0.25, -0.2) is 9.79 Å². The smallest absolute Gasteiger partial charge is 0.365 e. The van der Waals surface area contributed by atoms with E-state index in [1.807, 2.05) is 6.92 Å². The van der Waals surface area contributed by atoms with Gasteiger partial charge < -0.3 is 9.62 Å². The van der Waals surface area contributed by atoms with E-state index in [1.165, 1.54) is 14.0 Å². The molecular weight excluding hydrogens is 162 g/mol. The molecule has 0 radical (unpaired) electrons. The van der Waals surface area contributed by atoms with Crippen LogP contribution in [-0.2, 0) is 19.3 Å². The summed E-state index contributed by atoms with van der Waals surface area (Å²) in [5.74, 6) is -0.158. The van der Waals surface area contributed by atoms with Gasteiger partial charge in [-0.15, -0.1) is 4.89 Å². The summed E-state index contributed by atoms with van der Waals surface area (Å²) in [6, 6.07) is 0. The van der Waals surface area contributed by atoms with Crippen molar-refractivity contribution in [3.05, 3.63) is 0 Å². The van der Waals surface area contributed by atoms with Crippen LogP contribution in [0.3, 0.4) is 0 Å². The van der Waals surface area contributed by atoms with Gasteiger partial charge in [0.15, 0.2) is 0 Å². The molecule has 0 saturated carbocycles. The number of carbonyl (C=O) groups is 1. The van der Waals surface area contributed by atoms with Crippen LogP contribution in [0.5, 0.6) is 0 Å². The van der Waals surface area contributed by atoms with Crippen molar-refractivity contribution in [1.82, 2.24) is 0 Å². The Morgan fingerprint density at radius 3 is 2.83 bits per heavy atom. The van der Waals surface area contributed by atoms with Crippen molar-refractivity contribution in [2.24, 2.45) is 4.99 Å². The molecule has 1 aliphatic rings. The van der Waals surface area contributed by atoms with Crippen LogP contribution in [0.4, 0.5) is 0 Å². The minimum Gasteiger partial charge on any atom is -0.465 e. The summed E-state index contributed by atoms with van der Waals surface area (Å²) in [5, 5.41) is 0. The maximum atomic E-state index is 11.1. The van der Waals surface area contributed by atoms with Crippen molar-refractivity contribution < 1.29 is 19.3 Å². The first-order valence-corrected chi connectivity index (χ1v) is 3.65. The van der Waals surface area contributed by atoms with E-state index >= 15 is 0 Å². The predicted octanol–water partition coefficient (Wildman–Crippen LogP) is 0.646. The van der Waals surface area contributed by atoms with Crippen molar-refractivity contribution in [2.75, 3.05) is 7.11 Å². The van der Waals surface area contributed by atoms with Gasteiger partial charge in [0.2, 0.25) is 5.90 Å². The van der Waals surface area contributed by atoms with Crippen molar-refractivity contribution in [3.8, 4) is 0 Å². The van der Waals surface area contributed by atoms with Crippen molar-refractivity contribution in [1.29, 1.82) is 0 Å². The second-order valence-electron chi connectivity index (χ2n) is 2.50. The molecule has 0 aromatic heterocycles. The Kier molecular flexibility index (Phi) is 2.32. The standard InChI is InChI=1S/C7H11NO4/c1-4-5-8-7(2,12-11-5)6(9)10-3/h4H2,1-3H3. The molecule has 0 saturated heterocycles. The molecule has 1 heterocycles. The minimum absolute atomic E-state index is 0.405. The Morgan fingerprint density at radius 2 is 2.42 bits per heavy atom.